The molecule has 0 saturated heterocycles. The van der Waals surface area contributed by atoms with E-state index < -0.39 is 26.5 Å². The maximum Gasteiger partial charge on any atom is 0.306 e. The van der Waals surface area contributed by atoms with E-state index in [0.717, 1.165) is 44.9 Å². The first-order valence-corrected chi connectivity index (χ1v) is 30.0. The van der Waals surface area contributed by atoms with Crippen molar-refractivity contribution in [1.29, 1.82) is 0 Å². The second kappa shape index (κ2) is 49.5. The third-order valence-corrected chi connectivity index (χ3v) is 13.7. The zero-order valence-electron chi connectivity index (χ0n) is 44.9. The Morgan fingerprint density at radius 1 is 0.463 bits per heavy atom. The molecule has 2 unspecified atom stereocenters. The highest BCUT2D eigenvalue weighted by molar-refractivity contribution is 7.45. The molecule has 0 aromatic rings. The van der Waals surface area contributed by atoms with Gasteiger partial charge >= 0.3 is 11.9 Å². The van der Waals surface area contributed by atoms with E-state index in [9.17, 15) is 19.0 Å². The van der Waals surface area contributed by atoms with Crippen LogP contribution < -0.4 is 4.89 Å². The molecule has 10 heteroatoms. The van der Waals surface area contributed by atoms with Crippen molar-refractivity contribution >= 4 is 19.8 Å². The fraction of sp³-hybridized carbons (Fsp3) is 0.895. The Labute approximate surface area is 415 Å². The van der Waals surface area contributed by atoms with Crippen LogP contribution in [-0.4, -0.2) is 70.0 Å². The van der Waals surface area contributed by atoms with Gasteiger partial charge in [0, 0.05) is 12.8 Å². The minimum atomic E-state index is -4.63. The number of hydrogen-bond donors (Lipinski definition) is 0. The Kier molecular flexibility index (Phi) is 48.4. The number of hydrogen-bond acceptors (Lipinski definition) is 8. The normalized spacial score (nSPS) is 13.5. The number of nitrogens with zero attached hydrogens (tertiary/aromatic N) is 1. The van der Waals surface area contributed by atoms with Gasteiger partial charge in [-0.25, -0.2) is 0 Å². The fourth-order valence-electron chi connectivity index (χ4n) is 8.28. The van der Waals surface area contributed by atoms with Gasteiger partial charge < -0.3 is 27.9 Å². The molecule has 0 spiro atoms. The van der Waals surface area contributed by atoms with Gasteiger partial charge in [0.05, 0.1) is 27.7 Å². The Morgan fingerprint density at radius 3 is 1.18 bits per heavy atom. The maximum absolute atomic E-state index is 12.8. The fourth-order valence-corrected chi connectivity index (χ4v) is 9.01. The predicted molar refractivity (Wildman–Crippen MR) is 282 cm³/mol. The number of esters is 2. The molecular weight excluding hydrogens is 858 g/mol. The van der Waals surface area contributed by atoms with E-state index in [1.165, 1.54) is 199 Å². The van der Waals surface area contributed by atoms with Crippen LogP contribution in [0.1, 0.15) is 277 Å². The van der Waals surface area contributed by atoms with Crippen molar-refractivity contribution in [3.8, 4) is 0 Å². The van der Waals surface area contributed by atoms with Gasteiger partial charge in [0.25, 0.3) is 7.82 Å². The lowest BCUT2D eigenvalue weighted by atomic mass is 10.0. The van der Waals surface area contributed by atoms with Gasteiger partial charge in [-0.05, 0) is 44.9 Å². The van der Waals surface area contributed by atoms with Gasteiger partial charge in [-0.3, -0.25) is 14.2 Å². The highest BCUT2D eigenvalue weighted by Gasteiger charge is 2.22. The van der Waals surface area contributed by atoms with E-state index in [-0.39, 0.29) is 32.0 Å². The third-order valence-electron chi connectivity index (χ3n) is 12.7. The number of unbranched alkanes of at least 4 members (excludes halogenated alkanes) is 35. The van der Waals surface area contributed by atoms with Crippen molar-refractivity contribution in [2.45, 2.75) is 283 Å². The molecule has 0 N–H and O–H groups in total. The van der Waals surface area contributed by atoms with E-state index in [1.807, 2.05) is 21.1 Å². The van der Waals surface area contributed by atoms with Crippen molar-refractivity contribution in [3.05, 3.63) is 24.3 Å². The zero-order valence-corrected chi connectivity index (χ0v) is 45.8. The molecule has 0 aliphatic rings. The Hall–Kier alpha value is -1.51. The first-order valence-electron chi connectivity index (χ1n) is 28.5. The molecule has 0 heterocycles. The van der Waals surface area contributed by atoms with Crippen molar-refractivity contribution in [2.75, 3.05) is 47.5 Å². The molecule has 67 heavy (non-hydrogen) atoms. The SMILES string of the molecule is CCCCCCC/C=C\C/C=C\CCCCCCCCCCCCCC(=O)OC(COC(=O)CCCCCCCCCCCCCCCCCCCCCC)COP(=O)([O-])OCC[N+](C)(C)C. The van der Waals surface area contributed by atoms with Crippen LogP contribution in [0.3, 0.4) is 0 Å². The molecule has 0 aliphatic carbocycles. The molecule has 0 aromatic carbocycles. The monoisotopic (exact) mass is 968 g/mol. The molecular formula is C57H110NO8P. The molecule has 0 aromatic heterocycles. The lowest BCUT2D eigenvalue weighted by Crippen LogP contribution is -2.37. The summed E-state index contributed by atoms with van der Waals surface area (Å²) in [7, 11) is 1.18. The number of carbonyl (C=O) groups is 2. The highest BCUT2D eigenvalue weighted by Crippen LogP contribution is 2.38. The Morgan fingerprint density at radius 2 is 0.806 bits per heavy atom. The number of allylic oxidation sites excluding steroid dienone is 4. The first kappa shape index (κ1) is 65.5. The van der Waals surface area contributed by atoms with Crippen molar-refractivity contribution in [3.63, 3.8) is 0 Å². The molecule has 0 amide bonds. The average Bonchev–Trinajstić information content (AvgIpc) is 3.29. The molecule has 0 radical (unpaired) electrons. The third kappa shape index (κ3) is 53.7. The minimum Gasteiger partial charge on any atom is -0.756 e. The number of likely N-dealkylation sites (N-methyl/N-ethyl adjacent to an activating group) is 1. The minimum absolute atomic E-state index is 0.0286. The van der Waals surface area contributed by atoms with Gasteiger partial charge in [-0.15, -0.1) is 0 Å². The average molecular weight is 968 g/mol. The Balaban J connectivity index is 4.16. The van der Waals surface area contributed by atoms with Crippen LogP contribution in [-0.2, 0) is 32.7 Å². The van der Waals surface area contributed by atoms with E-state index in [2.05, 4.69) is 38.2 Å². The molecule has 0 saturated carbocycles. The van der Waals surface area contributed by atoms with E-state index >= 15 is 0 Å². The second-order valence-corrected chi connectivity index (χ2v) is 22.1. The van der Waals surface area contributed by atoms with Crippen molar-refractivity contribution in [2.24, 2.45) is 0 Å². The van der Waals surface area contributed by atoms with Crippen LogP contribution in [0.5, 0.6) is 0 Å². The van der Waals surface area contributed by atoms with Crippen LogP contribution in [0.4, 0.5) is 0 Å². The second-order valence-electron chi connectivity index (χ2n) is 20.7. The van der Waals surface area contributed by atoms with E-state index in [4.69, 9.17) is 18.5 Å². The molecule has 2 atom stereocenters. The smallest absolute Gasteiger partial charge is 0.306 e. The summed E-state index contributed by atoms with van der Waals surface area (Å²) in [6.07, 6.45) is 57.8. The summed E-state index contributed by atoms with van der Waals surface area (Å²) in [5.41, 5.74) is 0. The summed E-state index contributed by atoms with van der Waals surface area (Å²) < 4.78 is 34.2. The lowest BCUT2D eigenvalue weighted by Gasteiger charge is -2.28. The summed E-state index contributed by atoms with van der Waals surface area (Å²) in [6.45, 7) is 4.28. The number of ether oxygens (including phenoxy) is 2. The largest absolute Gasteiger partial charge is 0.756 e. The van der Waals surface area contributed by atoms with Crippen LogP contribution in [0.2, 0.25) is 0 Å². The summed E-state index contributed by atoms with van der Waals surface area (Å²) in [4.78, 5) is 37.8. The van der Waals surface area contributed by atoms with Gasteiger partial charge in [0.1, 0.15) is 19.8 Å². The summed E-state index contributed by atoms with van der Waals surface area (Å²) >= 11 is 0. The number of quaternary nitrogens is 1. The summed E-state index contributed by atoms with van der Waals surface area (Å²) in [6, 6.07) is 0. The van der Waals surface area contributed by atoms with Gasteiger partial charge in [-0.2, -0.15) is 0 Å². The molecule has 0 bridgehead atoms. The summed E-state index contributed by atoms with van der Waals surface area (Å²) in [5.74, 6) is -0.820. The quantitative estimate of drug-likeness (QED) is 0.0195. The van der Waals surface area contributed by atoms with Crippen LogP contribution in [0.15, 0.2) is 24.3 Å². The number of carbonyl (C=O) groups excluding carboxylic acids is 2. The van der Waals surface area contributed by atoms with Crippen molar-refractivity contribution in [1.82, 2.24) is 0 Å². The van der Waals surface area contributed by atoms with E-state index in [0.29, 0.717) is 17.4 Å². The van der Waals surface area contributed by atoms with Crippen LogP contribution in [0.25, 0.3) is 0 Å². The maximum atomic E-state index is 12.8. The van der Waals surface area contributed by atoms with E-state index in [1.54, 1.807) is 0 Å². The van der Waals surface area contributed by atoms with Crippen molar-refractivity contribution < 1.29 is 42.1 Å². The topological polar surface area (TPSA) is 111 Å². The van der Waals surface area contributed by atoms with Crippen LogP contribution in [0, 0.1) is 0 Å². The predicted octanol–water partition coefficient (Wildman–Crippen LogP) is 16.8. The van der Waals surface area contributed by atoms with Crippen LogP contribution >= 0.6 is 7.82 Å². The molecule has 0 rings (SSSR count). The Bertz CT molecular complexity index is 1190. The van der Waals surface area contributed by atoms with Gasteiger partial charge in [-0.1, -0.05) is 244 Å². The standard InChI is InChI=1S/C57H110NO8P/c1-6-8-10-12-14-16-18-20-22-24-26-28-29-30-32-34-36-38-40-42-44-46-48-50-57(60)66-55(54-65-67(61,62)64-52-51-58(3,4)5)53-63-56(59)49-47-45-43-41-39-37-35-33-31-27-25-23-21-19-17-15-13-11-9-7-2/h18,20,24,26,55H,6-17,19,21-23,25,27-54H2,1-5H3/b20-18-,26-24-. The van der Waals surface area contributed by atoms with Gasteiger partial charge in [0.2, 0.25) is 0 Å². The number of phosphoric acid groups is 1. The first-order chi connectivity index (χ1) is 32.5. The zero-order chi connectivity index (χ0) is 49.2. The highest BCUT2D eigenvalue weighted by atomic mass is 31.2. The molecule has 0 aliphatic heterocycles. The molecule has 396 valence electrons. The molecule has 0 fully saturated rings. The summed E-state index contributed by atoms with van der Waals surface area (Å²) in [5, 5.41) is 0. The molecule has 9 nitrogen and oxygen atoms in total. The van der Waals surface area contributed by atoms with Gasteiger partial charge in [0.15, 0.2) is 6.10 Å². The lowest BCUT2D eigenvalue weighted by molar-refractivity contribution is -0.870. The number of rotatable bonds is 53. The number of phosphoric ester groups is 1.